The summed E-state index contributed by atoms with van der Waals surface area (Å²) in [5.74, 6) is 1.25. The first-order valence-electron chi connectivity index (χ1n) is 3.56. The molecule has 0 radical (unpaired) electrons. The third-order valence-electron chi connectivity index (χ3n) is 1.26. The fourth-order valence-corrected chi connectivity index (χ4v) is 1.21. The highest BCUT2D eigenvalue weighted by Gasteiger charge is 1.86. The van der Waals surface area contributed by atoms with Crippen LogP contribution in [-0.4, -0.2) is 23.4 Å². The summed E-state index contributed by atoms with van der Waals surface area (Å²) in [6.45, 7) is 0. The van der Waals surface area contributed by atoms with Crippen molar-refractivity contribution in [2.75, 3.05) is 12.0 Å². The molecule has 3 heteroatoms. The summed E-state index contributed by atoms with van der Waals surface area (Å²) in [5.41, 5.74) is 0. The highest BCUT2D eigenvalue weighted by Crippen LogP contribution is 2.03. The number of nitrogens with zero attached hydrogens (tertiary/aromatic N) is 1. The molecule has 0 bridgehead atoms. The minimum absolute atomic E-state index is 0.908. The molecule has 60 valence electrons. The summed E-state index contributed by atoms with van der Waals surface area (Å²) in [5, 5.41) is 11.0. The molecule has 0 aliphatic carbocycles. The van der Waals surface area contributed by atoms with Crippen LogP contribution in [0.2, 0.25) is 0 Å². The van der Waals surface area contributed by atoms with Crippen molar-refractivity contribution in [3.63, 3.8) is 0 Å². The standard InChI is InChI=1S/C7H15NOS/c1-10-7-5-3-2-4-6-8-9/h6,9H,2-5,7H2,1H3/b8-6+. The average molecular weight is 161 g/mol. The number of hydrogen-bond donors (Lipinski definition) is 1. The van der Waals surface area contributed by atoms with Crippen LogP contribution in [0, 0.1) is 0 Å². The molecule has 0 aromatic rings. The fraction of sp³-hybridized carbons (Fsp3) is 0.857. The zero-order chi connectivity index (χ0) is 7.66. The van der Waals surface area contributed by atoms with E-state index in [-0.39, 0.29) is 0 Å². The monoisotopic (exact) mass is 161 g/mol. The highest BCUT2D eigenvalue weighted by molar-refractivity contribution is 7.98. The van der Waals surface area contributed by atoms with E-state index < -0.39 is 0 Å². The summed E-state index contributed by atoms with van der Waals surface area (Å²) in [7, 11) is 0. The summed E-state index contributed by atoms with van der Waals surface area (Å²) >= 11 is 1.88. The lowest BCUT2D eigenvalue weighted by Crippen LogP contribution is -1.81. The molecule has 0 spiro atoms. The van der Waals surface area contributed by atoms with Gasteiger partial charge in [0.15, 0.2) is 0 Å². The SMILES string of the molecule is CSCCCCC/C=N/O. The van der Waals surface area contributed by atoms with Gasteiger partial charge in [-0.2, -0.15) is 11.8 Å². The molecular weight excluding hydrogens is 146 g/mol. The van der Waals surface area contributed by atoms with Crippen molar-refractivity contribution in [1.82, 2.24) is 0 Å². The Kier molecular flexibility index (Phi) is 8.66. The van der Waals surface area contributed by atoms with E-state index in [4.69, 9.17) is 5.21 Å². The van der Waals surface area contributed by atoms with E-state index in [1.807, 2.05) is 11.8 Å². The van der Waals surface area contributed by atoms with Crippen LogP contribution in [0.5, 0.6) is 0 Å². The van der Waals surface area contributed by atoms with Gasteiger partial charge in [-0.1, -0.05) is 6.42 Å². The van der Waals surface area contributed by atoms with Gasteiger partial charge >= 0.3 is 0 Å². The largest absolute Gasteiger partial charge is 0.411 e. The second-order valence-electron chi connectivity index (χ2n) is 2.14. The van der Waals surface area contributed by atoms with Crippen molar-refractivity contribution in [3.8, 4) is 0 Å². The van der Waals surface area contributed by atoms with Gasteiger partial charge in [0, 0.05) is 6.21 Å². The predicted octanol–water partition coefficient (Wildman–Crippen LogP) is 2.37. The van der Waals surface area contributed by atoms with E-state index in [1.54, 1.807) is 6.21 Å². The molecular formula is C7H15NOS. The van der Waals surface area contributed by atoms with Crippen molar-refractivity contribution in [3.05, 3.63) is 0 Å². The van der Waals surface area contributed by atoms with E-state index in [0.29, 0.717) is 0 Å². The summed E-state index contributed by atoms with van der Waals surface area (Å²) in [6, 6.07) is 0. The van der Waals surface area contributed by atoms with Gasteiger partial charge in [0.1, 0.15) is 0 Å². The molecule has 10 heavy (non-hydrogen) atoms. The van der Waals surface area contributed by atoms with E-state index in [0.717, 1.165) is 12.8 Å². The third-order valence-corrected chi connectivity index (χ3v) is 1.96. The van der Waals surface area contributed by atoms with Gasteiger partial charge in [0.2, 0.25) is 0 Å². The Morgan fingerprint density at radius 2 is 2.20 bits per heavy atom. The van der Waals surface area contributed by atoms with Crippen molar-refractivity contribution in [2.24, 2.45) is 5.16 Å². The van der Waals surface area contributed by atoms with Gasteiger partial charge in [0.05, 0.1) is 0 Å². The second-order valence-corrected chi connectivity index (χ2v) is 3.13. The Balaban J connectivity index is 2.77. The molecule has 0 aliphatic rings. The first-order chi connectivity index (χ1) is 4.91. The Labute approximate surface area is 66.7 Å². The normalized spacial score (nSPS) is 10.9. The maximum Gasteiger partial charge on any atom is 0.0435 e. The molecule has 0 amide bonds. The van der Waals surface area contributed by atoms with Crippen LogP contribution >= 0.6 is 11.8 Å². The molecule has 0 aromatic carbocycles. The minimum Gasteiger partial charge on any atom is -0.411 e. The second kappa shape index (κ2) is 8.82. The molecule has 0 aliphatic heterocycles. The Morgan fingerprint density at radius 3 is 2.80 bits per heavy atom. The van der Waals surface area contributed by atoms with Crippen LogP contribution < -0.4 is 0 Å². The molecule has 2 nitrogen and oxygen atoms in total. The van der Waals surface area contributed by atoms with E-state index in [2.05, 4.69) is 11.4 Å². The van der Waals surface area contributed by atoms with Gasteiger partial charge < -0.3 is 5.21 Å². The summed E-state index contributed by atoms with van der Waals surface area (Å²) < 4.78 is 0. The zero-order valence-corrected chi connectivity index (χ0v) is 7.23. The molecule has 0 aromatic heterocycles. The number of unbranched alkanes of at least 4 members (excludes halogenated alkanes) is 3. The van der Waals surface area contributed by atoms with E-state index in [1.165, 1.54) is 18.6 Å². The lowest BCUT2D eigenvalue weighted by molar-refractivity contribution is 0.320. The topological polar surface area (TPSA) is 32.6 Å². The van der Waals surface area contributed by atoms with Crippen molar-refractivity contribution in [1.29, 1.82) is 0 Å². The summed E-state index contributed by atoms with van der Waals surface area (Å²) in [4.78, 5) is 0. The molecule has 1 N–H and O–H groups in total. The van der Waals surface area contributed by atoms with Crippen LogP contribution in [0.4, 0.5) is 0 Å². The van der Waals surface area contributed by atoms with Gasteiger partial charge in [-0.3, -0.25) is 0 Å². The Morgan fingerprint density at radius 1 is 1.40 bits per heavy atom. The summed E-state index contributed by atoms with van der Waals surface area (Å²) in [6.07, 6.45) is 8.25. The molecule has 0 rings (SSSR count). The maximum atomic E-state index is 8.03. The van der Waals surface area contributed by atoms with Gasteiger partial charge in [-0.15, -0.1) is 5.16 Å². The predicted molar refractivity (Wildman–Crippen MR) is 47.1 cm³/mol. The van der Waals surface area contributed by atoms with Gasteiger partial charge in [-0.05, 0) is 31.3 Å². The van der Waals surface area contributed by atoms with Gasteiger partial charge in [0.25, 0.3) is 0 Å². The maximum absolute atomic E-state index is 8.03. The Hall–Kier alpha value is -0.180. The van der Waals surface area contributed by atoms with Crippen molar-refractivity contribution < 1.29 is 5.21 Å². The lowest BCUT2D eigenvalue weighted by Gasteiger charge is -1.94. The van der Waals surface area contributed by atoms with Crippen LogP contribution in [-0.2, 0) is 0 Å². The first-order valence-corrected chi connectivity index (χ1v) is 4.96. The highest BCUT2D eigenvalue weighted by atomic mass is 32.2. The number of oxime groups is 1. The Bertz CT molecular complexity index is 85.7. The number of rotatable bonds is 6. The third kappa shape index (κ3) is 7.82. The van der Waals surface area contributed by atoms with Crippen molar-refractivity contribution >= 4 is 18.0 Å². The van der Waals surface area contributed by atoms with Crippen LogP contribution in [0.25, 0.3) is 0 Å². The molecule has 0 fully saturated rings. The van der Waals surface area contributed by atoms with Crippen LogP contribution in [0.15, 0.2) is 5.16 Å². The number of thioether (sulfide) groups is 1. The molecule has 0 unspecified atom stereocenters. The fourth-order valence-electron chi connectivity index (χ4n) is 0.717. The molecule has 0 saturated heterocycles. The smallest absolute Gasteiger partial charge is 0.0435 e. The molecule has 0 saturated carbocycles. The van der Waals surface area contributed by atoms with Crippen LogP contribution in [0.1, 0.15) is 25.7 Å². The number of hydrogen-bond acceptors (Lipinski definition) is 3. The quantitative estimate of drug-likeness (QED) is 0.281. The van der Waals surface area contributed by atoms with Crippen LogP contribution in [0.3, 0.4) is 0 Å². The van der Waals surface area contributed by atoms with Gasteiger partial charge in [-0.25, -0.2) is 0 Å². The zero-order valence-electron chi connectivity index (χ0n) is 6.42. The van der Waals surface area contributed by atoms with E-state index >= 15 is 0 Å². The average Bonchev–Trinajstić information content (AvgIpc) is 1.97. The van der Waals surface area contributed by atoms with E-state index in [9.17, 15) is 0 Å². The minimum atomic E-state index is 0.908. The van der Waals surface area contributed by atoms with Crippen molar-refractivity contribution in [2.45, 2.75) is 25.7 Å². The molecule has 0 atom stereocenters. The lowest BCUT2D eigenvalue weighted by atomic mass is 10.2. The molecule has 0 heterocycles. The first kappa shape index (κ1) is 9.82.